The van der Waals surface area contributed by atoms with E-state index < -0.39 is 23.6 Å². The van der Waals surface area contributed by atoms with Crippen LogP contribution in [0.15, 0.2) is 18.2 Å². The van der Waals surface area contributed by atoms with Gasteiger partial charge in [-0.1, -0.05) is 6.07 Å². The van der Waals surface area contributed by atoms with Gasteiger partial charge in [-0.25, -0.2) is 0 Å². The van der Waals surface area contributed by atoms with Crippen LogP contribution in [0.4, 0.5) is 18.9 Å². The van der Waals surface area contributed by atoms with Crippen molar-refractivity contribution in [1.82, 2.24) is 0 Å². The van der Waals surface area contributed by atoms with Gasteiger partial charge in [-0.15, -0.1) is 0 Å². The standard InChI is InChI=1S/C14H14F3NO3/c1-8-3-4-10(6-11(8)14(15,16)17)18-7-9(5-12(18)19)13(20)21-2/h3-4,6,9H,5,7H2,1-2H3. The third kappa shape index (κ3) is 3.01. The van der Waals surface area contributed by atoms with Gasteiger partial charge in [0.1, 0.15) is 0 Å². The number of carbonyl (C=O) groups excluding carboxylic acids is 2. The van der Waals surface area contributed by atoms with Gasteiger partial charge in [-0.05, 0) is 24.6 Å². The Balaban J connectivity index is 2.31. The number of rotatable bonds is 2. The van der Waals surface area contributed by atoms with E-state index in [1.54, 1.807) is 0 Å². The van der Waals surface area contributed by atoms with Crippen molar-refractivity contribution < 1.29 is 27.5 Å². The van der Waals surface area contributed by atoms with E-state index in [4.69, 9.17) is 0 Å². The lowest BCUT2D eigenvalue weighted by Gasteiger charge is -2.19. The Bertz CT molecular complexity index is 583. The Morgan fingerprint density at radius 2 is 2.05 bits per heavy atom. The predicted octanol–water partition coefficient (Wildman–Crippen LogP) is 2.54. The topological polar surface area (TPSA) is 46.6 Å². The number of ether oxygens (including phenoxy) is 1. The minimum atomic E-state index is -4.48. The Hall–Kier alpha value is -2.05. The summed E-state index contributed by atoms with van der Waals surface area (Å²) < 4.78 is 43.3. The van der Waals surface area contributed by atoms with Crippen molar-refractivity contribution in [3.05, 3.63) is 29.3 Å². The first-order valence-corrected chi connectivity index (χ1v) is 6.30. The summed E-state index contributed by atoms with van der Waals surface area (Å²) in [5.41, 5.74) is -0.555. The maximum absolute atomic E-state index is 12.9. The van der Waals surface area contributed by atoms with Gasteiger partial charge in [-0.2, -0.15) is 13.2 Å². The highest BCUT2D eigenvalue weighted by atomic mass is 19.4. The molecule has 1 heterocycles. The van der Waals surface area contributed by atoms with E-state index in [-0.39, 0.29) is 30.1 Å². The van der Waals surface area contributed by atoms with Crippen molar-refractivity contribution in [3.63, 3.8) is 0 Å². The van der Waals surface area contributed by atoms with E-state index in [0.29, 0.717) is 0 Å². The number of anilines is 1. The number of alkyl halides is 3. The van der Waals surface area contributed by atoms with Crippen LogP contribution in [0.2, 0.25) is 0 Å². The summed E-state index contributed by atoms with van der Waals surface area (Å²) >= 11 is 0. The van der Waals surface area contributed by atoms with E-state index >= 15 is 0 Å². The maximum atomic E-state index is 12.9. The van der Waals surface area contributed by atoms with Gasteiger partial charge >= 0.3 is 12.1 Å². The number of halogens is 3. The molecule has 1 unspecified atom stereocenters. The van der Waals surface area contributed by atoms with Crippen LogP contribution in [0.1, 0.15) is 17.5 Å². The number of hydrogen-bond acceptors (Lipinski definition) is 3. The largest absolute Gasteiger partial charge is 0.469 e. The van der Waals surface area contributed by atoms with Crippen molar-refractivity contribution in [2.24, 2.45) is 5.92 Å². The molecule has 4 nitrogen and oxygen atoms in total. The minimum Gasteiger partial charge on any atom is -0.469 e. The monoisotopic (exact) mass is 301 g/mol. The smallest absolute Gasteiger partial charge is 0.416 e. The van der Waals surface area contributed by atoms with Crippen LogP contribution in [-0.4, -0.2) is 25.5 Å². The maximum Gasteiger partial charge on any atom is 0.416 e. The Labute approximate surface area is 119 Å². The van der Waals surface area contributed by atoms with Crippen LogP contribution in [-0.2, 0) is 20.5 Å². The number of amides is 1. The van der Waals surface area contributed by atoms with Crippen LogP contribution < -0.4 is 4.90 Å². The second kappa shape index (κ2) is 5.38. The molecule has 2 rings (SSSR count). The quantitative estimate of drug-likeness (QED) is 0.789. The highest BCUT2D eigenvalue weighted by Crippen LogP contribution is 2.35. The number of hydrogen-bond donors (Lipinski definition) is 0. The number of methoxy groups -OCH3 is 1. The van der Waals surface area contributed by atoms with Gasteiger partial charge in [0.25, 0.3) is 0 Å². The van der Waals surface area contributed by atoms with Gasteiger partial charge < -0.3 is 9.64 Å². The van der Waals surface area contributed by atoms with Crippen molar-refractivity contribution in [2.45, 2.75) is 19.5 Å². The first-order valence-electron chi connectivity index (χ1n) is 6.30. The van der Waals surface area contributed by atoms with Gasteiger partial charge in [0.15, 0.2) is 0 Å². The average Bonchev–Trinajstić information content (AvgIpc) is 2.79. The fourth-order valence-corrected chi connectivity index (χ4v) is 2.36. The Morgan fingerprint density at radius 1 is 1.38 bits per heavy atom. The van der Waals surface area contributed by atoms with Gasteiger partial charge in [0.2, 0.25) is 5.91 Å². The SMILES string of the molecule is COC(=O)C1CC(=O)N(c2ccc(C)c(C(F)(F)F)c2)C1. The van der Waals surface area contributed by atoms with Crippen LogP contribution in [0.3, 0.4) is 0 Å². The number of esters is 1. The molecular weight excluding hydrogens is 287 g/mol. The summed E-state index contributed by atoms with van der Waals surface area (Å²) in [7, 11) is 1.21. The fourth-order valence-electron chi connectivity index (χ4n) is 2.36. The molecule has 0 radical (unpaired) electrons. The van der Waals surface area contributed by atoms with E-state index in [9.17, 15) is 22.8 Å². The molecule has 0 N–H and O–H groups in total. The van der Waals surface area contributed by atoms with Gasteiger partial charge in [0.05, 0.1) is 18.6 Å². The summed E-state index contributed by atoms with van der Waals surface area (Å²) in [6, 6.07) is 3.70. The molecular formula is C14H14F3NO3. The van der Waals surface area contributed by atoms with E-state index in [0.717, 1.165) is 6.07 Å². The molecule has 1 atom stereocenters. The number of nitrogens with zero attached hydrogens (tertiary/aromatic N) is 1. The van der Waals surface area contributed by atoms with E-state index in [2.05, 4.69) is 4.74 Å². The summed E-state index contributed by atoms with van der Waals surface area (Å²) in [5, 5.41) is 0. The molecule has 0 spiro atoms. The second-order valence-corrected chi connectivity index (χ2v) is 4.93. The second-order valence-electron chi connectivity index (χ2n) is 4.93. The number of aryl methyl sites for hydroxylation is 1. The van der Waals surface area contributed by atoms with Crippen LogP contribution in [0.25, 0.3) is 0 Å². The predicted molar refractivity (Wildman–Crippen MR) is 68.7 cm³/mol. The molecule has 114 valence electrons. The summed E-state index contributed by atoms with van der Waals surface area (Å²) in [6.07, 6.45) is -4.54. The molecule has 0 aromatic heterocycles. The van der Waals surface area contributed by atoms with Crippen LogP contribution in [0, 0.1) is 12.8 Å². The molecule has 21 heavy (non-hydrogen) atoms. The van der Waals surface area contributed by atoms with Crippen molar-refractivity contribution >= 4 is 17.6 Å². The molecule has 7 heteroatoms. The normalized spacial score (nSPS) is 19.0. The number of carbonyl (C=O) groups is 2. The van der Waals surface area contributed by atoms with Crippen LogP contribution >= 0.6 is 0 Å². The number of benzene rings is 1. The molecule has 0 aliphatic carbocycles. The zero-order chi connectivity index (χ0) is 15.8. The first kappa shape index (κ1) is 15.3. The molecule has 1 saturated heterocycles. The van der Waals surface area contributed by atoms with Crippen molar-refractivity contribution in [3.8, 4) is 0 Å². The fraction of sp³-hybridized carbons (Fsp3) is 0.429. The molecule has 1 aromatic carbocycles. The highest BCUT2D eigenvalue weighted by Gasteiger charge is 2.38. The minimum absolute atomic E-state index is 0.0336. The lowest BCUT2D eigenvalue weighted by Crippen LogP contribution is -2.26. The third-order valence-corrected chi connectivity index (χ3v) is 3.50. The summed E-state index contributed by atoms with van der Waals surface area (Å²) in [5.74, 6) is -1.56. The van der Waals surface area contributed by atoms with Gasteiger partial charge in [-0.3, -0.25) is 9.59 Å². The Kier molecular flexibility index (Phi) is 3.93. The molecule has 1 aliphatic rings. The summed E-state index contributed by atoms with van der Waals surface area (Å²) in [6.45, 7) is 1.39. The van der Waals surface area contributed by atoms with E-state index in [1.807, 2.05) is 0 Å². The third-order valence-electron chi connectivity index (χ3n) is 3.50. The molecule has 1 aromatic rings. The molecule has 0 bridgehead atoms. The summed E-state index contributed by atoms with van der Waals surface area (Å²) in [4.78, 5) is 24.5. The zero-order valence-electron chi connectivity index (χ0n) is 11.5. The molecule has 1 aliphatic heterocycles. The molecule has 1 amide bonds. The molecule has 0 saturated carbocycles. The Morgan fingerprint density at radius 3 is 2.62 bits per heavy atom. The zero-order valence-corrected chi connectivity index (χ0v) is 11.5. The first-order chi connectivity index (χ1) is 9.74. The van der Waals surface area contributed by atoms with Crippen molar-refractivity contribution in [2.75, 3.05) is 18.6 Å². The van der Waals surface area contributed by atoms with Gasteiger partial charge in [0, 0.05) is 18.7 Å². The van der Waals surface area contributed by atoms with Crippen molar-refractivity contribution in [1.29, 1.82) is 0 Å². The van der Waals surface area contributed by atoms with E-state index in [1.165, 1.54) is 31.1 Å². The lowest BCUT2D eigenvalue weighted by molar-refractivity contribution is -0.145. The highest BCUT2D eigenvalue weighted by molar-refractivity contribution is 5.99. The lowest BCUT2D eigenvalue weighted by atomic mass is 10.1. The average molecular weight is 301 g/mol. The van der Waals surface area contributed by atoms with Crippen LogP contribution in [0.5, 0.6) is 0 Å². The molecule has 1 fully saturated rings.